The summed E-state index contributed by atoms with van der Waals surface area (Å²) in [6, 6.07) is 30.8. The average molecular weight is 408 g/mol. The van der Waals surface area contributed by atoms with Crippen molar-refractivity contribution in [2.75, 3.05) is 0 Å². The van der Waals surface area contributed by atoms with E-state index in [9.17, 15) is 4.39 Å². The van der Waals surface area contributed by atoms with Crippen LogP contribution in [0.2, 0.25) is 0 Å². The standard InChI is InChI=1S/C26H17FN2O2/c27-19-12-10-18(11-13-19)25-23-8-4-5-9-24(23)26(29-28-25)31-22-16-14-21(15-17-22)30-20-6-2-1-3-7-20/h1-17H. The van der Waals surface area contributed by atoms with Crippen LogP contribution in [0.15, 0.2) is 103 Å². The number of ether oxygens (including phenoxy) is 2. The number of benzene rings is 4. The Bertz CT molecular complexity index is 1320. The third kappa shape index (κ3) is 4.07. The highest BCUT2D eigenvalue weighted by molar-refractivity contribution is 5.97. The summed E-state index contributed by atoms with van der Waals surface area (Å²) in [6.07, 6.45) is 0. The van der Waals surface area contributed by atoms with Gasteiger partial charge in [-0.05, 0) is 66.7 Å². The summed E-state index contributed by atoms with van der Waals surface area (Å²) < 4.78 is 25.1. The van der Waals surface area contributed by atoms with Gasteiger partial charge in [-0.1, -0.05) is 36.4 Å². The Labute approximate surface area is 178 Å². The zero-order chi connectivity index (χ0) is 21.0. The maximum Gasteiger partial charge on any atom is 0.246 e. The lowest BCUT2D eigenvalue weighted by Crippen LogP contribution is -1.96. The second-order valence-electron chi connectivity index (χ2n) is 6.89. The van der Waals surface area contributed by atoms with Crippen molar-refractivity contribution in [3.05, 3.63) is 109 Å². The summed E-state index contributed by atoms with van der Waals surface area (Å²) in [6.45, 7) is 0. The highest BCUT2D eigenvalue weighted by atomic mass is 19.1. The first-order valence-electron chi connectivity index (χ1n) is 9.78. The van der Waals surface area contributed by atoms with Gasteiger partial charge in [0.15, 0.2) is 0 Å². The van der Waals surface area contributed by atoms with Crippen LogP contribution in [-0.2, 0) is 0 Å². The molecule has 150 valence electrons. The van der Waals surface area contributed by atoms with E-state index in [1.165, 1.54) is 12.1 Å². The Morgan fingerprint density at radius 2 is 1.10 bits per heavy atom. The van der Waals surface area contributed by atoms with E-state index in [0.29, 0.717) is 23.1 Å². The molecule has 0 bridgehead atoms. The van der Waals surface area contributed by atoms with Crippen LogP contribution in [0.25, 0.3) is 22.0 Å². The minimum atomic E-state index is -0.291. The SMILES string of the molecule is Fc1ccc(-c2nnc(Oc3ccc(Oc4ccccc4)cc3)c3ccccc23)cc1. The van der Waals surface area contributed by atoms with Gasteiger partial charge in [-0.2, -0.15) is 0 Å². The van der Waals surface area contributed by atoms with Gasteiger partial charge in [-0.15, -0.1) is 10.2 Å². The maximum absolute atomic E-state index is 13.3. The molecular weight excluding hydrogens is 391 g/mol. The molecule has 4 aromatic carbocycles. The Hall–Kier alpha value is -4.25. The Morgan fingerprint density at radius 1 is 0.516 bits per heavy atom. The van der Waals surface area contributed by atoms with Crippen molar-refractivity contribution < 1.29 is 13.9 Å². The van der Waals surface area contributed by atoms with E-state index in [4.69, 9.17) is 9.47 Å². The molecule has 0 saturated heterocycles. The average Bonchev–Trinajstić information content (AvgIpc) is 2.82. The summed E-state index contributed by atoms with van der Waals surface area (Å²) in [5, 5.41) is 10.3. The molecule has 0 unspecified atom stereocenters. The lowest BCUT2D eigenvalue weighted by molar-refractivity contribution is 0.456. The number of aromatic nitrogens is 2. The van der Waals surface area contributed by atoms with Crippen LogP contribution >= 0.6 is 0 Å². The fraction of sp³-hybridized carbons (Fsp3) is 0. The topological polar surface area (TPSA) is 44.2 Å². The third-order valence-corrected chi connectivity index (χ3v) is 4.79. The molecule has 0 radical (unpaired) electrons. The fourth-order valence-corrected chi connectivity index (χ4v) is 3.29. The van der Waals surface area contributed by atoms with Crippen molar-refractivity contribution >= 4 is 10.8 Å². The Balaban J connectivity index is 1.43. The van der Waals surface area contributed by atoms with Gasteiger partial charge in [-0.25, -0.2) is 4.39 Å². The van der Waals surface area contributed by atoms with E-state index in [1.54, 1.807) is 12.1 Å². The Kier molecular flexibility index (Phi) is 4.99. The zero-order valence-electron chi connectivity index (χ0n) is 16.4. The Morgan fingerprint density at radius 3 is 1.81 bits per heavy atom. The molecule has 5 rings (SSSR count). The molecule has 0 spiro atoms. The molecule has 0 fully saturated rings. The summed E-state index contributed by atoms with van der Waals surface area (Å²) in [5.74, 6) is 2.21. The van der Waals surface area contributed by atoms with Crippen LogP contribution in [0.3, 0.4) is 0 Å². The van der Waals surface area contributed by atoms with E-state index in [-0.39, 0.29) is 5.82 Å². The largest absolute Gasteiger partial charge is 0.457 e. The number of halogens is 1. The van der Waals surface area contributed by atoms with Crippen LogP contribution < -0.4 is 9.47 Å². The summed E-state index contributed by atoms with van der Waals surface area (Å²) in [4.78, 5) is 0. The quantitative estimate of drug-likeness (QED) is 0.313. The van der Waals surface area contributed by atoms with Gasteiger partial charge in [0.1, 0.15) is 28.8 Å². The molecule has 0 saturated carbocycles. The van der Waals surface area contributed by atoms with E-state index < -0.39 is 0 Å². The minimum absolute atomic E-state index is 0.291. The first kappa shape index (κ1) is 18.8. The van der Waals surface area contributed by atoms with Crippen molar-refractivity contribution in [3.8, 4) is 34.4 Å². The van der Waals surface area contributed by atoms with Crippen molar-refractivity contribution in [2.24, 2.45) is 0 Å². The first-order chi connectivity index (χ1) is 15.3. The predicted octanol–water partition coefficient (Wildman–Crippen LogP) is 7.02. The van der Waals surface area contributed by atoms with Crippen molar-refractivity contribution in [1.82, 2.24) is 10.2 Å². The van der Waals surface area contributed by atoms with Gasteiger partial charge in [0, 0.05) is 16.3 Å². The first-order valence-corrected chi connectivity index (χ1v) is 9.78. The van der Waals surface area contributed by atoms with E-state index in [1.807, 2.05) is 78.9 Å². The second kappa shape index (κ2) is 8.24. The molecule has 0 aliphatic heterocycles. The van der Waals surface area contributed by atoms with Crippen LogP contribution in [0.4, 0.5) is 4.39 Å². The highest BCUT2D eigenvalue weighted by Crippen LogP contribution is 2.33. The normalized spacial score (nSPS) is 10.7. The highest BCUT2D eigenvalue weighted by Gasteiger charge is 2.12. The summed E-state index contributed by atoms with van der Waals surface area (Å²) in [7, 11) is 0. The molecule has 31 heavy (non-hydrogen) atoms. The predicted molar refractivity (Wildman–Crippen MR) is 118 cm³/mol. The lowest BCUT2D eigenvalue weighted by Gasteiger charge is -2.11. The van der Waals surface area contributed by atoms with Gasteiger partial charge in [-0.3, -0.25) is 0 Å². The second-order valence-corrected chi connectivity index (χ2v) is 6.89. The van der Waals surface area contributed by atoms with Crippen LogP contribution in [0.1, 0.15) is 0 Å². The third-order valence-electron chi connectivity index (χ3n) is 4.79. The molecule has 5 aromatic rings. The molecule has 4 nitrogen and oxygen atoms in total. The van der Waals surface area contributed by atoms with E-state index >= 15 is 0 Å². The van der Waals surface area contributed by atoms with Crippen LogP contribution in [0.5, 0.6) is 23.1 Å². The van der Waals surface area contributed by atoms with Crippen LogP contribution in [0, 0.1) is 5.82 Å². The fourth-order valence-electron chi connectivity index (χ4n) is 3.29. The van der Waals surface area contributed by atoms with Crippen molar-refractivity contribution in [2.45, 2.75) is 0 Å². The molecular formula is C26H17FN2O2. The van der Waals surface area contributed by atoms with Gasteiger partial charge in [0.2, 0.25) is 5.88 Å². The maximum atomic E-state index is 13.3. The zero-order valence-corrected chi connectivity index (χ0v) is 16.4. The number of para-hydroxylation sites is 1. The molecule has 0 aliphatic rings. The van der Waals surface area contributed by atoms with Gasteiger partial charge >= 0.3 is 0 Å². The van der Waals surface area contributed by atoms with E-state index in [2.05, 4.69) is 10.2 Å². The minimum Gasteiger partial charge on any atom is -0.457 e. The van der Waals surface area contributed by atoms with Gasteiger partial charge in [0.25, 0.3) is 0 Å². The molecule has 0 atom stereocenters. The number of hydrogen-bond acceptors (Lipinski definition) is 4. The number of fused-ring (bicyclic) bond motifs is 1. The number of hydrogen-bond donors (Lipinski definition) is 0. The van der Waals surface area contributed by atoms with Crippen molar-refractivity contribution in [1.29, 1.82) is 0 Å². The molecule has 0 amide bonds. The molecule has 0 aliphatic carbocycles. The molecule has 5 heteroatoms. The lowest BCUT2D eigenvalue weighted by atomic mass is 10.1. The summed E-state index contributed by atoms with van der Waals surface area (Å²) in [5.41, 5.74) is 1.47. The molecule has 1 aromatic heterocycles. The smallest absolute Gasteiger partial charge is 0.246 e. The van der Waals surface area contributed by atoms with Gasteiger partial charge in [0.05, 0.1) is 0 Å². The number of nitrogens with zero attached hydrogens (tertiary/aromatic N) is 2. The van der Waals surface area contributed by atoms with Crippen LogP contribution in [-0.4, -0.2) is 10.2 Å². The molecule has 0 N–H and O–H groups in total. The summed E-state index contributed by atoms with van der Waals surface area (Å²) >= 11 is 0. The molecule has 1 heterocycles. The number of rotatable bonds is 5. The monoisotopic (exact) mass is 408 g/mol. The van der Waals surface area contributed by atoms with Gasteiger partial charge < -0.3 is 9.47 Å². The van der Waals surface area contributed by atoms with Crippen molar-refractivity contribution in [3.63, 3.8) is 0 Å². The van der Waals surface area contributed by atoms with E-state index in [0.717, 1.165) is 22.1 Å².